The van der Waals surface area contributed by atoms with Crippen molar-refractivity contribution in [1.82, 2.24) is 0 Å². The van der Waals surface area contributed by atoms with Gasteiger partial charge in [-0.2, -0.15) is 0 Å². The Morgan fingerprint density at radius 3 is 3.00 bits per heavy atom. The van der Waals surface area contributed by atoms with Gasteiger partial charge in [0.25, 0.3) is 0 Å². The number of epoxide rings is 1. The molecule has 1 fully saturated rings. The van der Waals surface area contributed by atoms with Gasteiger partial charge in [-0.05, 0) is 6.42 Å². The Kier molecular flexibility index (Phi) is 3.60. The molecule has 0 radical (unpaired) electrons. The van der Waals surface area contributed by atoms with Crippen LogP contribution in [0.25, 0.3) is 0 Å². The SMILES string of the molecule is C=CCOC[C@@H]1O[C@@H]1CCC. The molecule has 0 aliphatic carbocycles. The van der Waals surface area contributed by atoms with Gasteiger partial charge in [0.15, 0.2) is 0 Å². The third-order valence-electron chi connectivity index (χ3n) is 1.78. The van der Waals surface area contributed by atoms with Gasteiger partial charge in [0.05, 0.1) is 19.3 Å². The van der Waals surface area contributed by atoms with E-state index in [2.05, 4.69) is 13.5 Å². The maximum Gasteiger partial charge on any atom is 0.107 e. The molecule has 1 heterocycles. The molecule has 1 rings (SSSR count). The molecule has 0 N–H and O–H groups in total. The first-order valence-corrected chi connectivity index (χ1v) is 4.22. The van der Waals surface area contributed by atoms with Gasteiger partial charge in [-0.1, -0.05) is 19.4 Å². The number of hydrogen-bond acceptors (Lipinski definition) is 2. The summed E-state index contributed by atoms with van der Waals surface area (Å²) in [6.07, 6.45) is 4.97. The Bertz CT molecular complexity index is 123. The lowest BCUT2D eigenvalue weighted by molar-refractivity contribution is 0.141. The van der Waals surface area contributed by atoms with Gasteiger partial charge in [-0.25, -0.2) is 0 Å². The Labute approximate surface area is 68.2 Å². The fourth-order valence-corrected chi connectivity index (χ4v) is 1.13. The van der Waals surface area contributed by atoms with E-state index in [1.165, 1.54) is 12.8 Å². The summed E-state index contributed by atoms with van der Waals surface area (Å²) in [5, 5.41) is 0. The molecular formula is C9H16O2. The van der Waals surface area contributed by atoms with Crippen molar-refractivity contribution >= 4 is 0 Å². The smallest absolute Gasteiger partial charge is 0.107 e. The monoisotopic (exact) mass is 156 g/mol. The number of ether oxygens (including phenoxy) is 2. The van der Waals surface area contributed by atoms with Crippen LogP contribution in [0.1, 0.15) is 19.8 Å². The molecule has 1 aliphatic rings. The second-order valence-corrected chi connectivity index (χ2v) is 2.83. The molecule has 0 amide bonds. The van der Waals surface area contributed by atoms with E-state index in [1.807, 2.05) is 0 Å². The van der Waals surface area contributed by atoms with E-state index in [0.717, 1.165) is 6.61 Å². The molecule has 11 heavy (non-hydrogen) atoms. The van der Waals surface area contributed by atoms with Crippen LogP contribution in [0.5, 0.6) is 0 Å². The summed E-state index contributed by atoms with van der Waals surface area (Å²) in [6.45, 7) is 7.11. The lowest BCUT2D eigenvalue weighted by Gasteiger charge is -1.95. The van der Waals surface area contributed by atoms with Crippen LogP contribution >= 0.6 is 0 Å². The lowest BCUT2D eigenvalue weighted by atomic mass is 10.2. The Balaban J connectivity index is 1.91. The highest BCUT2D eigenvalue weighted by molar-refractivity contribution is 4.84. The quantitative estimate of drug-likeness (QED) is 0.332. The van der Waals surface area contributed by atoms with Crippen molar-refractivity contribution in [3.63, 3.8) is 0 Å². The molecule has 0 bridgehead atoms. The first-order valence-electron chi connectivity index (χ1n) is 4.22. The molecule has 0 spiro atoms. The van der Waals surface area contributed by atoms with E-state index in [1.54, 1.807) is 6.08 Å². The van der Waals surface area contributed by atoms with Crippen molar-refractivity contribution < 1.29 is 9.47 Å². The van der Waals surface area contributed by atoms with Gasteiger partial charge in [-0.3, -0.25) is 0 Å². The van der Waals surface area contributed by atoms with Crippen LogP contribution < -0.4 is 0 Å². The second kappa shape index (κ2) is 4.52. The Hall–Kier alpha value is -0.340. The van der Waals surface area contributed by atoms with Gasteiger partial charge >= 0.3 is 0 Å². The van der Waals surface area contributed by atoms with E-state index in [-0.39, 0.29) is 0 Å². The van der Waals surface area contributed by atoms with Crippen LogP contribution in [0.2, 0.25) is 0 Å². The minimum atomic E-state index is 0.370. The molecule has 2 nitrogen and oxygen atoms in total. The highest BCUT2D eigenvalue weighted by atomic mass is 16.6. The van der Waals surface area contributed by atoms with Gasteiger partial charge in [0.1, 0.15) is 6.10 Å². The molecule has 64 valence electrons. The Morgan fingerprint density at radius 1 is 1.55 bits per heavy atom. The van der Waals surface area contributed by atoms with E-state index in [9.17, 15) is 0 Å². The van der Waals surface area contributed by atoms with Crippen LogP contribution in [0.15, 0.2) is 12.7 Å². The third kappa shape index (κ3) is 3.04. The normalized spacial score (nSPS) is 28.5. The minimum absolute atomic E-state index is 0.370. The van der Waals surface area contributed by atoms with Gasteiger partial charge in [-0.15, -0.1) is 6.58 Å². The van der Waals surface area contributed by atoms with Crippen LogP contribution in [0.4, 0.5) is 0 Å². The third-order valence-corrected chi connectivity index (χ3v) is 1.78. The first kappa shape index (κ1) is 8.75. The largest absolute Gasteiger partial charge is 0.375 e. The van der Waals surface area contributed by atoms with Gasteiger partial charge in [0.2, 0.25) is 0 Å². The molecule has 2 heteroatoms. The predicted octanol–water partition coefficient (Wildman–Crippen LogP) is 1.76. The Morgan fingerprint density at radius 2 is 2.36 bits per heavy atom. The topological polar surface area (TPSA) is 21.8 Å². The van der Waals surface area contributed by atoms with Crippen molar-refractivity contribution in [3.05, 3.63) is 12.7 Å². The second-order valence-electron chi connectivity index (χ2n) is 2.83. The molecule has 2 atom stereocenters. The summed E-state index contributed by atoms with van der Waals surface area (Å²) < 4.78 is 10.6. The van der Waals surface area contributed by atoms with Crippen molar-refractivity contribution in [2.75, 3.05) is 13.2 Å². The molecule has 0 aromatic carbocycles. The molecule has 0 unspecified atom stereocenters. The van der Waals surface area contributed by atoms with E-state index >= 15 is 0 Å². The highest BCUT2D eigenvalue weighted by Crippen LogP contribution is 2.26. The average molecular weight is 156 g/mol. The molecule has 0 saturated carbocycles. The van der Waals surface area contributed by atoms with Gasteiger partial charge < -0.3 is 9.47 Å². The molecule has 0 aromatic rings. The summed E-state index contributed by atoms with van der Waals surface area (Å²) in [7, 11) is 0. The summed E-state index contributed by atoms with van der Waals surface area (Å²) in [6, 6.07) is 0. The predicted molar refractivity (Wildman–Crippen MR) is 44.6 cm³/mol. The summed E-state index contributed by atoms with van der Waals surface area (Å²) in [5.41, 5.74) is 0. The van der Waals surface area contributed by atoms with Crippen molar-refractivity contribution in [2.45, 2.75) is 32.0 Å². The summed E-state index contributed by atoms with van der Waals surface area (Å²) in [5.74, 6) is 0. The van der Waals surface area contributed by atoms with Crippen LogP contribution in [0, 0.1) is 0 Å². The van der Waals surface area contributed by atoms with Crippen LogP contribution in [-0.2, 0) is 9.47 Å². The van der Waals surface area contributed by atoms with Crippen molar-refractivity contribution in [1.29, 1.82) is 0 Å². The summed E-state index contributed by atoms with van der Waals surface area (Å²) in [4.78, 5) is 0. The average Bonchev–Trinajstić information content (AvgIpc) is 2.70. The maximum atomic E-state index is 5.34. The lowest BCUT2D eigenvalue weighted by Crippen LogP contribution is -2.04. The highest BCUT2D eigenvalue weighted by Gasteiger charge is 2.37. The number of hydrogen-bond donors (Lipinski definition) is 0. The molecule has 1 aliphatic heterocycles. The standard InChI is InChI=1S/C9H16O2/c1-3-5-8-9(11-8)7-10-6-4-2/h4,8-9H,2-3,5-7H2,1H3/t8-,9+/m1/s1. The van der Waals surface area contributed by atoms with Crippen LogP contribution in [-0.4, -0.2) is 25.4 Å². The van der Waals surface area contributed by atoms with E-state index in [4.69, 9.17) is 9.47 Å². The fourth-order valence-electron chi connectivity index (χ4n) is 1.13. The van der Waals surface area contributed by atoms with Gasteiger partial charge in [0, 0.05) is 0 Å². The molecule has 1 saturated heterocycles. The molecular weight excluding hydrogens is 140 g/mol. The van der Waals surface area contributed by atoms with E-state index < -0.39 is 0 Å². The zero-order chi connectivity index (χ0) is 8.10. The maximum absolute atomic E-state index is 5.34. The molecule has 0 aromatic heterocycles. The van der Waals surface area contributed by atoms with E-state index in [0.29, 0.717) is 18.8 Å². The van der Waals surface area contributed by atoms with Crippen LogP contribution in [0.3, 0.4) is 0 Å². The summed E-state index contributed by atoms with van der Waals surface area (Å²) >= 11 is 0. The minimum Gasteiger partial charge on any atom is -0.375 e. The first-order chi connectivity index (χ1) is 5.38. The fraction of sp³-hybridized carbons (Fsp3) is 0.778. The zero-order valence-corrected chi connectivity index (χ0v) is 7.08. The van der Waals surface area contributed by atoms with Crippen molar-refractivity contribution in [2.24, 2.45) is 0 Å². The zero-order valence-electron chi connectivity index (χ0n) is 7.08. The number of rotatable bonds is 6. The van der Waals surface area contributed by atoms with Crippen molar-refractivity contribution in [3.8, 4) is 0 Å².